The number of hydrogen-bond donors (Lipinski definition) is 2. The van der Waals surface area contributed by atoms with Gasteiger partial charge in [-0.1, -0.05) is 5.92 Å². The van der Waals surface area contributed by atoms with Crippen molar-refractivity contribution in [2.45, 2.75) is 31.8 Å². The molecule has 0 radical (unpaired) electrons. The first-order valence-corrected chi connectivity index (χ1v) is 9.02. The highest BCUT2D eigenvalue weighted by Crippen LogP contribution is 2.40. The normalized spacial score (nSPS) is 19.9. The van der Waals surface area contributed by atoms with Crippen molar-refractivity contribution in [2.24, 2.45) is 0 Å². The molecular weight excluding hydrogens is 349 g/mol. The minimum Gasteiger partial charge on any atom is -0.477 e. The molecule has 0 amide bonds. The third-order valence-corrected chi connectivity index (χ3v) is 5.24. The Labute approximate surface area is 155 Å². The van der Waals surface area contributed by atoms with Crippen molar-refractivity contribution in [1.29, 1.82) is 0 Å². The van der Waals surface area contributed by atoms with Crippen molar-refractivity contribution in [2.75, 3.05) is 24.5 Å². The van der Waals surface area contributed by atoms with Gasteiger partial charge in [-0.3, -0.25) is 4.79 Å². The molecular formula is C20H20FN3O3. The van der Waals surface area contributed by atoms with Gasteiger partial charge < -0.3 is 19.9 Å². The van der Waals surface area contributed by atoms with Gasteiger partial charge in [0, 0.05) is 37.9 Å². The Kier molecular flexibility index (Phi) is 4.16. The molecule has 1 aliphatic carbocycles. The van der Waals surface area contributed by atoms with E-state index in [0.29, 0.717) is 36.4 Å². The van der Waals surface area contributed by atoms with Crippen LogP contribution < -0.4 is 15.6 Å². The number of nitrogens with zero attached hydrogens (tertiary/aromatic N) is 2. The topological polar surface area (TPSA) is 74.6 Å². The lowest BCUT2D eigenvalue weighted by molar-refractivity contribution is 0.0695. The molecule has 4 rings (SSSR count). The first-order valence-electron chi connectivity index (χ1n) is 9.02. The summed E-state index contributed by atoms with van der Waals surface area (Å²) in [5, 5.41) is 12.7. The van der Waals surface area contributed by atoms with Crippen molar-refractivity contribution in [3.05, 3.63) is 39.4 Å². The van der Waals surface area contributed by atoms with Crippen LogP contribution in [0.2, 0.25) is 0 Å². The largest absolute Gasteiger partial charge is 0.477 e. The van der Waals surface area contributed by atoms with Crippen molar-refractivity contribution >= 4 is 22.6 Å². The molecule has 0 bridgehead atoms. The fourth-order valence-electron chi connectivity index (χ4n) is 3.85. The second-order valence-corrected chi connectivity index (χ2v) is 7.24. The van der Waals surface area contributed by atoms with Crippen LogP contribution in [0.4, 0.5) is 10.1 Å². The van der Waals surface area contributed by atoms with Crippen LogP contribution in [0.1, 0.15) is 41.7 Å². The van der Waals surface area contributed by atoms with Crippen molar-refractivity contribution in [3.8, 4) is 12.3 Å². The molecule has 1 aliphatic heterocycles. The van der Waals surface area contributed by atoms with E-state index in [9.17, 15) is 14.7 Å². The van der Waals surface area contributed by atoms with Crippen LogP contribution in [-0.4, -0.2) is 41.3 Å². The minimum absolute atomic E-state index is 0.0270. The summed E-state index contributed by atoms with van der Waals surface area (Å²) in [5.41, 5.74) is 0.0261. The van der Waals surface area contributed by atoms with Gasteiger partial charge in [0.2, 0.25) is 5.43 Å². The molecule has 1 unspecified atom stereocenters. The summed E-state index contributed by atoms with van der Waals surface area (Å²) < 4.78 is 16.8. The number of hydrogen-bond acceptors (Lipinski definition) is 4. The first-order chi connectivity index (χ1) is 12.9. The van der Waals surface area contributed by atoms with E-state index in [1.807, 2.05) is 11.8 Å². The molecule has 27 heavy (non-hydrogen) atoms. The molecule has 140 valence electrons. The molecule has 1 aromatic carbocycles. The molecule has 2 aliphatic rings. The van der Waals surface area contributed by atoms with Crippen LogP contribution in [-0.2, 0) is 0 Å². The standard InChI is InChI=1S/C20H20FN3O3/c1-3-13-17-14(8-16(21)18(13)23-7-6-22-11(2)9-23)19(25)15(20(26)27)10-24(17)12-4-5-12/h1,8,10-12,22H,4-7,9H2,2H3,(H,26,27). The Morgan fingerprint density at radius 2 is 2.19 bits per heavy atom. The predicted octanol–water partition coefficient (Wildman–Crippen LogP) is 1.95. The minimum atomic E-state index is -1.32. The number of pyridine rings is 1. The van der Waals surface area contributed by atoms with E-state index >= 15 is 4.39 Å². The first kappa shape index (κ1) is 17.6. The van der Waals surface area contributed by atoms with E-state index in [2.05, 4.69) is 11.2 Å². The smallest absolute Gasteiger partial charge is 0.341 e. The highest BCUT2D eigenvalue weighted by molar-refractivity contribution is 5.96. The van der Waals surface area contributed by atoms with Crippen molar-refractivity contribution in [3.63, 3.8) is 0 Å². The molecule has 2 fully saturated rings. The Balaban J connectivity index is 2.05. The van der Waals surface area contributed by atoms with Crippen LogP contribution in [0.5, 0.6) is 0 Å². The van der Waals surface area contributed by atoms with Gasteiger partial charge >= 0.3 is 5.97 Å². The summed E-state index contributed by atoms with van der Waals surface area (Å²) in [5.74, 6) is 0.670. The number of halogens is 1. The van der Waals surface area contributed by atoms with Gasteiger partial charge in [-0.05, 0) is 25.8 Å². The van der Waals surface area contributed by atoms with Crippen LogP contribution in [0.3, 0.4) is 0 Å². The van der Waals surface area contributed by atoms with E-state index in [1.54, 1.807) is 4.57 Å². The summed E-state index contributed by atoms with van der Waals surface area (Å²) in [6.45, 7) is 3.91. The van der Waals surface area contributed by atoms with Gasteiger partial charge in [0.05, 0.1) is 22.2 Å². The average molecular weight is 369 g/mol. The van der Waals surface area contributed by atoms with Crippen LogP contribution in [0.25, 0.3) is 10.9 Å². The summed E-state index contributed by atoms with van der Waals surface area (Å²) in [6, 6.07) is 1.41. The Bertz CT molecular complexity index is 1050. The molecule has 2 aromatic rings. The van der Waals surface area contributed by atoms with Gasteiger partial charge in [0.15, 0.2) is 0 Å². The maximum absolute atomic E-state index is 15.1. The second-order valence-electron chi connectivity index (χ2n) is 7.24. The molecule has 1 aromatic heterocycles. The number of carboxylic acids is 1. The van der Waals surface area contributed by atoms with Crippen LogP contribution in [0.15, 0.2) is 17.1 Å². The third-order valence-electron chi connectivity index (χ3n) is 5.24. The number of carbonyl (C=O) groups is 1. The zero-order valence-electron chi connectivity index (χ0n) is 15.0. The van der Waals surface area contributed by atoms with E-state index < -0.39 is 17.2 Å². The van der Waals surface area contributed by atoms with Crippen molar-refractivity contribution < 1.29 is 14.3 Å². The highest BCUT2D eigenvalue weighted by atomic mass is 19.1. The summed E-state index contributed by atoms with van der Waals surface area (Å²) >= 11 is 0. The molecule has 0 spiro atoms. The van der Waals surface area contributed by atoms with E-state index in [-0.39, 0.29) is 23.0 Å². The maximum atomic E-state index is 15.1. The number of fused-ring (bicyclic) bond motifs is 1. The number of benzene rings is 1. The Morgan fingerprint density at radius 3 is 2.78 bits per heavy atom. The van der Waals surface area contributed by atoms with E-state index in [0.717, 1.165) is 18.9 Å². The fourth-order valence-corrected chi connectivity index (χ4v) is 3.85. The molecule has 7 heteroatoms. The average Bonchev–Trinajstić information content (AvgIpc) is 3.46. The second kappa shape index (κ2) is 6.39. The SMILES string of the molecule is C#Cc1c(N2CCNC(C)C2)c(F)cc2c(=O)c(C(=O)O)cn(C3CC3)c12. The lowest BCUT2D eigenvalue weighted by Gasteiger charge is -2.35. The van der Waals surface area contributed by atoms with Gasteiger partial charge in [-0.25, -0.2) is 9.18 Å². The quantitative estimate of drug-likeness (QED) is 0.809. The molecule has 2 heterocycles. The summed E-state index contributed by atoms with van der Waals surface area (Å²) in [4.78, 5) is 26.1. The van der Waals surface area contributed by atoms with Gasteiger partial charge in [0.25, 0.3) is 0 Å². The lowest BCUT2D eigenvalue weighted by Crippen LogP contribution is -2.49. The number of rotatable bonds is 3. The molecule has 1 atom stereocenters. The number of piperazine rings is 1. The number of nitrogens with one attached hydrogen (secondary N) is 1. The number of anilines is 1. The van der Waals surface area contributed by atoms with E-state index in [4.69, 9.17) is 6.42 Å². The molecule has 6 nitrogen and oxygen atoms in total. The number of terminal acetylenes is 1. The monoisotopic (exact) mass is 369 g/mol. The van der Waals surface area contributed by atoms with Crippen LogP contribution >= 0.6 is 0 Å². The van der Waals surface area contributed by atoms with Crippen LogP contribution in [0, 0.1) is 18.2 Å². The molecule has 1 saturated carbocycles. The number of carboxylic acid groups (broad SMARTS) is 1. The molecule has 2 N–H and O–H groups in total. The van der Waals surface area contributed by atoms with Gasteiger partial charge in [0.1, 0.15) is 11.4 Å². The Hall–Kier alpha value is -2.85. The Morgan fingerprint density at radius 1 is 1.44 bits per heavy atom. The fraction of sp³-hybridized carbons (Fsp3) is 0.400. The number of aromatic carboxylic acids is 1. The highest BCUT2D eigenvalue weighted by Gasteiger charge is 2.31. The summed E-state index contributed by atoms with van der Waals surface area (Å²) in [7, 11) is 0. The van der Waals surface area contributed by atoms with E-state index in [1.165, 1.54) is 6.20 Å². The lowest BCUT2D eigenvalue weighted by atomic mass is 10.0. The number of aromatic nitrogens is 1. The zero-order valence-corrected chi connectivity index (χ0v) is 15.0. The van der Waals surface area contributed by atoms with Crippen molar-refractivity contribution in [1.82, 2.24) is 9.88 Å². The predicted molar refractivity (Wildman–Crippen MR) is 101 cm³/mol. The van der Waals surface area contributed by atoms with Gasteiger partial charge in [-0.15, -0.1) is 6.42 Å². The van der Waals surface area contributed by atoms with Gasteiger partial charge in [-0.2, -0.15) is 0 Å². The summed E-state index contributed by atoms with van der Waals surface area (Å²) in [6.07, 6.45) is 8.88. The molecule has 1 saturated heterocycles. The zero-order chi connectivity index (χ0) is 19.3. The maximum Gasteiger partial charge on any atom is 0.341 e. The third kappa shape index (κ3) is 2.86.